The molecule has 96 valence electrons. The minimum Gasteiger partial charge on any atom is -0.340 e. The van der Waals surface area contributed by atoms with Crippen molar-refractivity contribution in [3.8, 4) is 6.07 Å². The molecule has 0 radical (unpaired) electrons. The second-order valence-corrected chi connectivity index (χ2v) is 5.96. The van der Waals surface area contributed by atoms with Crippen molar-refractivity contribution in [2.45, 2.75) is 44.7 Å². The van der Waals surface area contributed by atoms with Crippen molar-refractivity contribution in [3.05, 3.63) is 22.4 Å². The number of rotatable bonds is 3. The minimum absolute atomic E-state index is 0.171. The van der Waals surface area contributed by atoms with E-state index in [1.165, 1.54) is 0 Å². The third-order valence-electron chi connectivity index (χ3n) is 3.38. The van der Waals surface area contributed by atoms with Gasteiger partial charge in [0.05, 0.1) is 6.07 Å². The average molecular weight is 310 g/mol. The molecular weight excluding hydrogens is 294 g/mol. The summed E-state index contributed by atoms with van der Waals surface area (Å²) < 4.78 is 2.78. The van der Waals surface area contributed by atoms with Crippen molar-refractivity contribution in [1.29, 1.82) is 5.26 Å². The van der Waals surface area contributed by atoms with Gasteiger partial charge in [0.25, 0.3) is 5.91 Å². The maximum absolute atomic E-state index is 12.2. The lowest BCUT2D eigenvalue weighted by Gasteiger charge is -2.35. The van der Waals surface area contributed by atoms with Gasteiger partial charge in [-0.25, -0.2) is 0 Å². The standard InChI is InChI=1S/C13H16BrN3O/c1-9(2)17-7-10(14)6-11(17)12(18)16-13(8-15)4-3-5-13/h6-7,9H,3-5H2,1-2H3,(H,16,18). The van der Waals surface area contributed by atoms with Gasteiger partial charge in [-0.1, -0.05) is 0 Å². The van der Waals surface area contributed by atoms with Crippen molar-refractivity contribution in [2.75, 3.05) is 0 Å². The second kappa shape index (κ2) is 4.77. The maximum atomic E-state index is 12.2. The van der Waals surface area contributed by atoms with Gasteiger partial charge >= 0.3 is 0 Å². The number of hydrogen-bond acceptors (Lipinski definition) is 2. The molecule has 1 aromatic rings. The molecule has 1 aromatic heterocycles. The number of hydrogen-bond donors (Lipinski definition) is 1. The van der Waals surface area contributed by atoms with Gasteiger partial charge in [-0.2, -0.15) is 5.26 Å². The molecule has 4 nitrogen and oxygen atoms in total. The van der Waals surface area contributed by atoms with Crippen molar-refractivity contribution in [2.24, 2.45) is 0 Å². The molecule has 0 spiro atoms. The number of aromatic nitrogens is 1. The van der Waals surface area contributed by atoms with Crippen molar-refractivity contribution >= 4 is 21.8 Å². The molecule has 1 amide bonds. The van der Waals surface area contributed by atoms with Gasteiger partial charge in [0.1, 0.15) is 11.2 Å². The summed E-state index contributed by atoms with van der Waals surface area (Å²) >= 11 is 3.38. The fourth-order valence-electron chi connectivity index (χ4n) is 2.13. The highest BCUT2D eigenvalue weighted by atomic mass is 79.9. The summed E-state index contributed by atoms with van der Waals surface area (Å²) in [6, 6.07) is 4.21. The van der Waals surface area contributed by atoms with E-state index in [4.69, 9.17) is 5.26 Å². The van der Waals surface area contributed by atoms with E-state index in [2.05, 4.69) is 27.3 Å². The molecule has 2 rings (SSSR count). The van der Waals surface area contributed by atoms with Crippen LogP contribution in [-0.4, -0.2) is 16.0 Å². The van der Waals surface area contributed by atoms with Gasteiger partial charge < -0.3 is 9.88 Å². The van der Waals surface area contributed by atoms with E-state index in [1.807, 2.05) is 24.6 Å². The van der Waals surface area contributed by atoms with E-state index < -0.39 is 5.54 Å². The lowest BCUT2D eigenvalue weighted by atomic mass is 9.78. The quantitative estimate of drug-likeness (QED) is 0.933. The number of nitrogens with zero attached hydrogens (tertiary/aromatic N) is 2. The fourth-order valence-corrected chi connectivity index (χ4v) is 2.57. The van der Waals surface area contributed by atoms with Gasteiger partial charge in [-0.3, -0.25) is 4.79 Å². The average Bonchev–Trinajstić information content (AvgIpc) is 2.66. The van der Waals surface area contributed by atoms with Crippen LogP contribution in [-0.2, 0) is 0 Å². The van der Waals surface area contributed by atoms with E-state index in [0.29, 0.717) is 5.69 Å². The molecule has 0 atom stereocenters. The van der Waals surface area contributed by atoms with E-state index in [1.54, 1.807) is 6.07 Å². The second-order valence-electron chi connectivity index (χ2n) is 5.05. The number of amides is 1. The molecule has 1 fully saturated rings. The number of carbonyl (C=O) groups is 1. The van der Waals surface area contributed by atoms with E-state index in [-0.39, 0.29) is 11.9 Å². The van der Waals surface area contributed by atoms with Crippen LogP contribution in [0.15, 0.2) is 16.7 Å². The minimum atomic E-state index is -0.643. The summed E-state index contributed by atoms with van der Waals surface area (Å²) in [6.07, 6.45) is 4.39. The van der Waals surface area contributed by atoms with Crippen LogP contribution in [0.25, 0.3) is 0 Å². The first-order valence-corrected chi connectivity index (χ1v) is 6.88. The molecule has 0 aliphatic heterocycles. The molecule has 0 aromatic carbocycles. The zero-order chi connectivity index (χ0) is 13.3. The summed E-state index contributed by atoms with van der Waals surface area (Å²) in [5, 5.41) is 12.0. The highest BCUT2D eigenvalue weighted by Gasteiger charge is 2.39. The zero-order valence-corrected chi connectivity index (χ0v) is 12.1. The molecule has 1 heterocycles. The topological polar surface area (TPSA) is 57.8 Å². The van der Waals surface area contributed by atoms with E-state index >= 15 is 0 Å². The monoisotopic (exact) mass is 309 g/mol. The van der Waals surface area contributed by atoms with Crippen LogP contribution < -0.4 is 5.32 Å². The Labute approximate surface area is 115 Å². The molecule has 1 aliphatic rings. The van der Waals surface area contributed by atoms with Crippen LogP contribution in [0.5, 0.6) is 0 Å². The normalized spacial score (nSPS) is 17.1. The Balaban J connectivity index is 2.21. The smallest absolute Gasteiger partial charge is 0.269 e. The number of halogens is 1. The summed E-state index contributed by atoms with van der Waals surface area (Å²) in [4.78, 5) is 12.2. The first-order chi connectivity index (χ1) is 8.47. The highest BCUT2D eigenvalue weighted by molar-refractivity contribution is 9.10. The summed E-state index contributed by atoms with van der Waals surface area (Å²) in [5.74, 6) is -0.171. The van der Waals surface area contributed by atoms with Crippen LogP contribution in [0.3, 0.4) is 0 Å². The van der Waals surface area contributed by atoms with Gasteiger partial charge in [0, 0.05) is 16.7 Å². The number of nitrogens with one attached hydrogen (secondary N) is 1. The van der Waals surface area contributed by atoms with Crippen LogP contribution in [0.2, 0.25) is 0 Å². The Kier molecular flexibility index (Phi) is 3.49. The Morgan fingerprint density at radius 3 is 2.72 bits per heavy atom. The molecule has 1 N–H and O–H groups in total. The Hall–Kier alpha value is -1.28. The fraction of sp³-hybridized carbons (Fsp3) is 0.538. The lowest BCUT2D eigenvalue weighted by Crippen LogP contribution is -2.52. The third-order valence-corrected chi connectivity index (χ3v) is 3.81. The molecular formula is C13H16BrN3O. The molecule has 0 bridgehead atoms. The SMILES string of the molecule is CC(C)n1cc(Br)cc1C(=O)NC1(C#N)CCC1. The molecule has 5 heteroatoms. The van der Waals surface area contributed by atoms with Crippen LogP contribution >= 0.6 is 15.9 Å². The predicted molar refractivity (Wildman–Crippen MR) is 72.2 cm³/mol. The molecule has 18 heavy (non-hydrogen) atoms. The van der Waals surface area contributed by atoms with Crippen LogP contribution in [0, 0.1) is 11.3 Å². The Bertz CT molecular complexity index is 509. The summed E-state index contributed by atoms with van der Waals surface area (Å²) in [6.45, 7) is 4.04. The Morgan fingerprint density at radius 2 is 2.28 bits per heavy atom. The Morgan fingerprint density at radius 1 is 1.61 bits per heavy atom. The lowest BCUT2D eigenvalue weighted by molar-refractivity contribution is 0.0870. The van der Waals surface area contributed by atoms with Crippen LogP contribution in [0.4, 0.5) is 0 Å². The van der Waals surface area contributed by atoms with Crippen molar-refractivity contribution < 1.29 is 4.79 Å². The predicted octanol–water partition coefficient (Wildman–Crippen LogP) is 3.01. The third kappa shape index (κ3) is 2.30. The van der Waals surface area contributed by atoms with Crippen molar-refractivity contribution in [1.82, 2.24) is 9.88 Å². The van der Waals surface area contributed by atoms with Gasteiger partial charge in [0.15, 0.2) is 0 Å². The largest absolute Gasteiger partial charge is 0.340 e. The zero-order valence-electron chi connectivity index (χ0n) is 10.5. The number of carbonyl (C=O) groups excluding carboxylic acids is 1. The van der Waals surface area contributed by atoms with Crippen LogP contribution in [0.1, 0.15) is 49.6 Å². The van der Waals surface area contributed by atoms with E-state index in [0.717, 1.165) is 23.7 Å². The number of nitriles is 1. The van der Waals surface area contributed by atoms with Gasteiger partial charge in [0.2, 0.25) is 0 Å². The summed E-state index contributed by atoms with van der Waals surface area (Å²) in [7, 11) is 0. The summed E-state index contributed by atoms with van der Waals surface area (Å²) in [5.41, 5.74) is -0.0475. The molecule has 1 aliphatic carbocycles. The highest BCUT2D eigenvalue weighted by Crippen LogP contribution is 2.31. The van der Waals surface area contributed by atoms with Crippen molar-refractivity contribution in [3.63, 3.8) is 0 Å². The molecule has 0 saturated heterocycles. The maximum Gasteiger partial charge on any atom is 0.269 e. The van der Waals surface area contributed by atoms with Gasteiger partial charge in [-0.15, -0.1) is 0 Å². The van der Waals surface area contributed by atoms with Gasteiger partial charge in [-0.05, 0) is 55.1 Å². The first-order valence-electron chi connectivity index (χ1n) is 6.08. The van der Waals surface area contributed by atoms with E-state index in [9.17, 15) is 4.79 Å². The molecule has 1 saturated carbocycles. The molecule has 0 unspecified atom stereocenters. The first kappa shape index (κ1) is 13.2.